The summed E-state index contributed by atoms with van der Waals surface area (Å²) in [7, 11) is 0. The van der Waals surface area contributed by atoms with Gasteiger partial charge in [0.15, 0.2) is 0 Å². The zero-order valence-electron chi connectivity index (χ0n) is 10.7. The predicted molar refractivity (Wildman–Crippen MR) is 86.1 cm³/mol. The van der Waals surface area contributed by atoms with Crippen LogP contribution in [0.15, 0.2) is 40.9 Å². The minimum absolute atomic E-state index is 0.0142. The first-order chi connectivity index (χ1) is 10.0. The molecule has 0 atom stereocenters. The fourth-order valence-corrected chi connectivity index (χ4v) is 2.66. The standard InChI is InChI=1S/C14H10BrCl2NO3/c15-11-2-1-9(13(17)6-11)8-21-14-4-3-12(18(19)20)5-10(14)7-16/h1-6H,7-8H2. The van der Waals surface area contributed by atoms with E-state index in [2.05, 4.69) is 15.9 Å². The fraction of sp³-hybridized carbons (Fsp3) is 0.143. The summed E-state index contributed by atoms with van der Waals surface area (Å²) in [4.78, 5) is 10.3. The Balaban J connectivity index is 2.17. The lowest BCUT2D eigenvalue weighted by Gasteiger charge is -2.11. The minimum atomic E-state index is -0.467. The lowest BCUT2D eigenvalue weighted by atomic mass is 10.2. The molecule has 7 heteroatoms. The maximum atomic E-state index is 10.7. The molecule has 2 aromatic carbocycles. The van der Waals surface area contributed by atoms with Crippen molar-refractivity contribution < 1.29 is 9.66 Å². The second-order valence-corrected chi connectivity index (χ2v) is 5.80. The zero-order valence-corrected chi connectivity index (χ0v) is 13.8. The molecule has 0 fully saturated rings. The van der Waals surface area contributed by atoms with Crippen molar-refractivity contribution in [1.82, 2.24) is 0 Å². The Bertz CT molecular complexity index is 679. The van der Waals surface area contributed by atoms with Gasteiger partial charge in [-0.2, -0.15) is 0 Å². The van der Waals surface area contributed by atoms with Crippen LogP contribution in [-0.2, 0) is 12.5 Å². The Morgan fingerprint density at radius 1 is 1.19 bits per heavy atom. The van der Waals surface area contributed by atoms with Gasteiger partial charge in [0.05, 0.1) is 10.8 Å². The Morgan fingerprint density at radius 2 is 1.95 bits per heavy atom. The van der Waals surface area contributed by atoms with E-state index in [-0.39, 0.29) is 18.2 Å². The van der Waals surface area contributed by atoms with E-state index in [4.69, 9.17) is 27.9 Å². The predicted octanol–water partition coefficient (Wildman–Crippen LogP) is 5.33. The van der Waals surface area contributed by atoms with Crippen LogP contribution in [0.3, 0.4) is 0 Å². The van der Waals surface area contributed by atoms with Gasteiger partial charge >= 0.3 is 0 Å². The highest BCUT2D eigenvalue weighted by molar-refractivity contribution is 9.10. The highest BCUT2D eigenvalue weighted by Crippen LogP contribution is 2.28. The molecular formula is C14H10BrCl2NO3. The number of ether oxygens (including phenoxy) is 1. The van der Waals surface area contributed by atoms with Crippen molar-refractivity contribution in [2.75, 3.05) is 0 Å². The number of nitro groups is 1. The maximum absolute atomic E-state index is 10.7. The van der Waals surface area contributed by atoms with Crippen molar-refractivity contribution in [3.63, 3.8) is 0 Å². The molecule has 0 saturated carbocycles. The highest BCUT2D eigenvalue weighted by atomic mass is 79.9. The lowest BCUT2D eigenvalue weighted by molar-refractivity contribution is -0.384. The van der Waals surface area contributed by atoms with Gasteiger partial charge in [-0.1, -0.05) is 33.6 Å². The average molecular weight is 391 g/mol. The Kier molecular flexibility index (Phi) is 5.45. The molecule has 0 spiro atoms. The second-order valence-electron chi connectivity index (χ2n) is 4.21. The molecule has 2 rings (SSSR count). The number of halogens is 3. The average Bonchev–Trinajstić information content (AvgIpc) is 2.46. The third-order valence-electron chi connectivity index (χ3n) is 2.80. The third-order valence-corrected chi connectivity index (χ3v) is 3.93. The molecule has 0 saturated heterocycles. The molecule has 0 N–H and O–H groups in total. The van der Waals surface area contributed by atoms with Gasteiger partial charge in [0.25, 0.3) is 5.69 Å². The summed E-state index contributed by atoms with van der Waals surface area (Å²) in [5.41, 5.74) is 1.37. The van der Waals surface area contributed by atoms with Gasteiger partial charge < -0.3 is 4.74 Å². The highest BCUT2D eigenvalue weighted by Gasteiger charge is 2.12. The van der Waals surface area contributed by atoms with E-state index in [1.165, 1.54) is 12.1 Å². The van der Waals surface area contributed by atoms with Gasteiger partial charge in [0.1, 0.15) is 12.4 Å². The summed E-state index contributed by atoms with van der Waals surface area (Å²) in [6, 6.07) is 9.82. The first-order valence-corrected chi connectivity index (χ1v) is 7.62. The van der Waals surface area contributed by atoms with Crippen molar-refractivity contribution in [2.24, 2.45) is 0 Å². The molecule has 0 aliphatic carbocycles. The first kappa shape index (κ1) is 16.1. The summed E-state index contributed by atoms with van der Waals surface area (Å²) >= 11 is 15.2. The molecule has 0 aromatic heterocycles. The minimum Gasteiger partial charge on any atom is -0.489 e. The van der Waals surface area contributed by atoms with Crippen molar-refractivity contribution in [2.45, 2.75) is 12.5 Å². The van der Waals surface area contributed by atoms with Crippen LogP contribution >= 0.6 is 39.1 Å². The van der Waals surface area contributed by atoms with Gasteiger partial charge in [-0.3, -0.25) is 10.1 Å². The second kappa shape index (κ2) is 7.11. The Labute approximate surface area is 139 Å². The molecule has 0 radical (unpaired) electrons. The molecule has 0 bridgehead atoms. The molecule has 0 amide bonds. The van der Waals surface area contributed by atoms with Crippen LogP contribution in [0.5, 0.6) is 5.75 Å². The molecular weight excluding hydrogens is 381 g/mol. The number of nitro benzene ring substituents is 1. The largest absolute Gasteiger partial charge is 0.489 e. The van der Waals surface area contributed by atoms with Crippen LogP contribution in [0.25, 0.3) is 0 Å². The van der Waals surface area contributed by atoms with Crippen LogP contribution in [0, 0.1) is 10.1 Å². The number of hydrogen-bond acceptors (Lipinski definition) is 3. The van der Waals surface area contributed by atoms with E-state index in [9.17, 15) is 10.1 Å². The summed E-state index contributed by atoms with van der Waals surface area (Å²) in [6.45, 7) is 0.258. The van der Waals surface area contributed by atoms with E-state index in [1.54, 1.807) is 12.1 Å². The first-order valence-electron chi connectivity index (χ1n) is 5.91. The van der Waals surface area contributed by atoms with E-state index >= 15 is 0 Å². The number of hydrogen-bond donors (Lipinski definition) is 0. The molecule has 0 unspecified atom stereocenters. The van der Waals surface area contributed by atoms with Crippen LogP contribution in [0.4, 0.5) is 5.69 Å². The molecule has 4 nitrogen and oxygen atoms in total. The monoisotopic (exact) mass is 389 g/mol. The lowest BCUT2D eigenvalue weighted by Crippen LogP contribution is -1.99. The summed E-state index contributed by atoms with van der Waals surface area (Å²) in [5.74, 6) is 0.639. The normalized spacial score (nSPS) is 10.4. The van der Waals surface area contributed by atoms with Crippen molar-refractivity contribution in [3.8, 4) is 5.75 Å². The number of benzene rings is 2. The number of non-ortho nitro benzene ring substituents is 1. The van der Waals surface area contributed by atoms with E-state index in [0.717, 1.165) is 10.0 Å². The van der Waals surface area contributed by atoms with Crippen LogP contribution in [0.2, 0.25) is 5.02 Å². The van der Waals surface area contributed by atoms with E-state index in [1.807, 2.05) is 12.1 Å². The van der Waals surface area contributed by atoms with Gasteiger partial charge in [-0.25, -0.2) is 0 Å². The van der Waals surface area contributed by atoms with Gasteiger partial charge in [-0.05, 0) is 18.2 Å². The Morgan fingerprint density at radius 3 is 2.57 bits per heavy atom. The fourth-order valence-electron chi connectivity index (χ4n) is 1.72. The van der Waals surface area contributed by atoms with Crippen molar-refractivity contribution >= 4 is 44.8 Å². The quantitative estimate of drug-likeness (QED) is 0.394. The van der Waals surface area contributed by atoms with Gasteiger partial charge in [0, 0.05) is 32.8 Å². The van der Waals surface area contributed by atoms with Crippen molar-refractivity contribution in [3.05, 3.63) is 67.1 Å². The van der Waals surface area contributed by atoms with Gasteiger partial charge in [-0.15, -0.1) is 11.6 Å². The third kappa shape index (κ3) is 4.09. The molecule has 21 heavy (non-hydrogen) atoms. The zero-order chi connectivity index (χ0) is 15.4. The number of rotatable bonds is 5. The number of nitrogens with zero attached hydrogens (tertiary/aromatic N) is 1. The molecule has 0 aliphatic rings. The smallest absolute Gasteiger partial charge is 0.270 e. The molecule has 0 aliphatic heterocycles. The summed E-state index contributed by atoms with van der Waals surface area (Å²) in [5, 5.41) is 11.3. The van der Waals surface area contributed by atoms with Crippen LogP contribution < -0.4 is 4.74 Å². The molecule has 0 heterocycles. The van der Waals surface area contributed by atoms with E-state index < -0.39 is 4.92 Å². The summed E-state index contributed by atoms with van der Waals surface area (Å²) in [6.07, 6.45) is 0. The van der Waals surface area contributed by atoms with E-state index in [0.29, 0.717) is 16.3 Å². The SMILES string of the molecule is O=[N+]([O-])c1ccc(OCc2ccc(Br)cc2Cl)c(CCl)c1. The maximum Gasteiger partial charge on any atom is 0.270 e. The molecule has 2 aromatic rings. The Hall–Kier alpha value is -1.30. The van der Waals surface area contributed by atoms with Crippen LogP contribution in [0.1, 0.15) is 11.1 Å². The number of alkyl halides is 1. The summed E-state index contributed by atoms with van der Waals surface area (Å²) < 4.78 is 6.55. The molecule has 110 valence electrons. The van der Waals surface area contributed by atoms with Gasteiger partial charge in [0.2, 0.25) is 0 Å². The van der Waals surface area contributed by atoms with Crippen LogP contribution in [-0.4, -0.2) is 4.92 Å². The van der Waals surface area contributed by atoms with Crippen molar-refractivity contribution in [1.29, 1.82) is 0 Å². The topological polar surface area (TPSA) is 52.4 Å².